The molecule has 1 heterocycles. The molecular formula is C11H22N4O. The maximum atomic E-state index is 4.99. The molecule has 0 saturated carbocycles. The maximum Gasteiger partial charge on any atom is 0.240 e. The highest BCUT2D eigenvalue weighted by Gasteiger charge is 2.07. The second-order valence-electron chi connectivity index (χ2n) is 4.94. The molecule has 1 aromatic rings. The molecule has 0 aliphatic carbocycles. The summed E-state index contributed by atoms with van der Waals surface area (Å²) in [6.45, 7) is 10.9. The topological polar surface area (TPSA) is 63.0 Å². The van der Waals surface area contributed by atoms with Crippen LogP contribution in [0.25, 0.3) is 0 Å². The van der Waals surface area contributed by atoms with Gasteiger partial charge in [-0.25, -0.2) is 0 Å². The monoisotopic (exact) mass is 226 g/mol. The molecule has 0 spiro atoms. The number of aromatic nitrogens is 2. The predicted molar refractivity (Wildman–Crippen MR) is 63.1 cm³/mol. The molecule has 16 heavy (non-hydrogen) atoms. The van der Waals surface area contributed by atoms with Crippen LogP contribution in [0.2, 0.25) is 0 Å². The van der Waals surface area contributed by atoms with E-state index in [-0.39, 0.29) is 5.54 Å². The van der Waals surface area contributed by atoms with Gasteiger partial charge in [-0.1, -0.05) is 5.16 Å². The van der Waals surface area contributed by atoms with Gasteiger partial charge in [0.25, 0.3) is 0 Å². The molecule has 0 fully saturated rings. The summed E-state index contributed by atoms with van der Waals surface area (Å²) in [4.78, 5) is 4.11. The first-order chi connectivity index (χ1) is 7.47. The van der Waals surface area contributed by atoms with Crippen LogP contribution in [-0.4, -0.2) is 28.8 Å². The Kier molecular flexibility index (Phi) is 4.89. The average molecular weight is 226 g/mol. The molecule has 5 nitrogen and oxygen atoms in total. The standard InChI is InChI=1S/C11H22N4O/c1-9-14-10(16-15-9)8-12-6-5-7-13-11(2,3)4/h12-13H,5-8H2,1-4H3. The normalized spacial score (nSPS) is 12.0. The fourth-order valence-corrected chi connectivity index (χ4v) is 1.28. The highest BCUT2D eigenvalue weighted by molar-refractivity contribution is 4.81. The van der Waals surface area contributed by atoms with Gasteiger partial charge < -0.3 is 15.2 Å². The molecule has 0 bridgehead atoms. The van der Waals surface area contributed by atoms with Crippen molar-refractivity contribution in [1.82, 2.24) is 20.8 Å². The second-order valence-corrected chi connectivity index (χ2v) is 4.94. The summed E-state index contributed by atoms with van der Waals surface area (Å²) < 4.78 is 4.99. The van der Waals surface area contributed by atoms with Crippen molar-refractivity contribution in [3.63, 3.8) is 0 Å². The van der Waals surface area contributed by atoms with Crippen LogP contribution in [0.15, 0.2) is 4.52 Å². The van der Waals surface area contributed by atoms with Crippen molar-refractivity contribution in [3.8, 4) is 0 Å². The highest BCUT2D eigenvalue weighted by Crippen LogP contribution is 1.98. The number of hydrogen-bond acceptors (Lipinski definition) is 5. The Morgan fingerprint density at radius 1 is 1.25 bits per heavy atom. The van der Waals surface area contributed by atoms with Gasteiger partial charge in [0.05, 0.1) is 6.54 Å². The molecule has 0 atom stereocenters. The Hall–Kier alpha value is -0.940. The number of nitrogens with zero attached hydrogens (tertiary/aromatic N) is 2. The third-order valence-electron chi connectivity index (χ3n) is 2.03. The lowest BCUT2D eigenvalue weighted by molar-refractivity contribution is 0.362. The number of nitrogens with one attached hydrogen (secondary N) is 2. The van der Waals surface area contributed by atoms with E-state index < -0.39 is 0 Å². The van der Waals surface area contributed by atoms with Crippen LogP contribution < -0.4 is 10.6 Å². The molecule has 0 aliphatic heterocycles. The van der Waals surface area contributed by atoms with Crippen molar-refractivity contribution >= 4 is 0 Å². The van der Waals surface area contributed by atoms with Crippen LogP contribution in [0.5, 0.6) is 0 Å². The number of hydrogen-bond donors (Lipinski definition) is 2. The van der Waals surface area contributed by atoms with E-state index in [1.807, 2.05) is 6.92 Å². The summed E-state index contributed by atoms with van der Waals surface area (Å²) in [5.41, 5.74) is 0.198. The Bertz CT molecular complexity index is 303. The minimum absolute atomic E-state index is 0.198. The van der Waals surface area contributed by atoms with E-state index in [1.54, 1.807) is 0 Å². The highest BCUT2D eigenvalue weighted by atomic mass is 16.5. The molecule has 92 valence electrons. The third kappa shape index (κ3) is 5.82. The molecule has 0 aliphatic rings. The van der Waals surface area contributed by atoms with Gasteiger partial charge in [-0.15, -0.1) is 0 Å². The molecule has 0 aromatic carbocycles. The quantitative estimate of drug-likeness (QED) is 0.715. The fourth-order valence-electron chi connectivity index (χ4n) is 1.28. The van der Waals surface area contributed by atoms with Crippen molar-refractivity contribution < 1.29 is 4.52 Å². The third-order valence-corrected chi connectivity index (χ3v) is 2.03. The van der Waals surface area contributed by atoms with Gasteiger partial charge in [-0.3, -0.25) is 0 Å². The summed E-state index contributed by atoms with van der Waals surface area (Å²) in [7, 11) is 0. The first-order valence-corrected chi connectivity index (χ1v) is 5.72. The summed E-state index contributed by atoms with van der Waals surface area (Å²) >= 11 is 0. The molecule has 0 saturated heterocycles. The fraction of sp³-hybridized carbons (Fsp3) is 0.818. The maximum absolute atomic E-state index is 4.99. The minimum Gasteiger partial charge on any atom is -0.338 e. The lowest BCUT2D eigenvalue weighted by Crippen LogP contribution is -2.37. The van der Waals surface area contributed by atoms with E-state index in [4.69, 9.17) is 4.52 Å². The zero-order valence-electron chi connectivity index (χ0n) is 10.6. The molecule has 5 heteroatoms. The van der Waals surface area contributed by atoms with Crippen LogP contribution in [0.4, 0.5) is 0 Å². The number of rotatable bonds is 6. The van der Waals surface area contributed by atoms with Crippen molar-refractivity contribution in [2.75, 3.05) is 13.1 Å². The first-order valence-electron chi connectivity index (χ1n) is 5.72. The first kappa shape index (κ1) is 13.1. The van der Waals surface area contributed by atoms with E-state index in [2.05, 4.69) is 41.5 Å². The van der Waals surface area contributed by atoms with E-state index >= 15 is 0 Å². The second kappa shape index (κ2) is 5.96. The zero-order valence-corrected chi connectivity index (χ0v) is 10.6. The van der Waals surface area contributed by atoms with E-state index in [1.165, 1.54) is 0 Å². The predicted octanol–water partition coefficient (Wildman–Crippen LogP) is 1.25. The van der Waals surface area contributed by atoms with E-state index in [9.17, 15) is 0 Å². The van der Waals surface area contributed by atoms with Crippen LogP contribution in [0, 0.1) is 6.92 Å². The average Bonchev–Trinajstić information content (AvgIpc) is 2.56. The van der Waals surface area contributed by atoms with Gasteiger partial charge in [-0.05, 0) is 47.2 Å². The number of aryl methyl sites for hydroxylation is 1. The van der Waals surface area contributed by atoms with Crippen LogP contribution in [0.3, 0.4) is 0 Å². The Morgan fingerprint density at radius 3 is 2.56 bits per heavy atom. The zero-order chi connectivity index (χ0) is 12.0. The lowest BCUT2D eigenvalue weighted by atomic mass is 10.1. The molecule has 1 rings (SSSR count). The van der Waals surface area contributed by atoms with Crippen molar-refractivity contribution in [2.24, 2.45) is 0 Å². The molecular weight excluding hydrogens is 204 g/mol. The van der Waals surface area contributed by atoms with Crippen LogP contribution in [0.1, 0.15) is 38.9 Å². The van der Waals surface area contributed by atoms with Gasteiger partial charge >= 0.3 is 0 Å². The lowest BCUT2D eigenvalue weighted by Gasteiger charge is -2.20. The summed E-state index contributed by atoms with van der Waals surface area (Å²) in [6, 6.07) is 0. The van der Waals surface area contributed by atoms with Gasteiger partial charge in [0.1, 0.15) is 0 Å². The summed E-state index contributed by atoms with van der Waals surface area (Å²) in [5.74, 6) is 1.34. The Morgan fingerprint density at radius 2 is 2.00 bits per heavy atom. The molecule has 0 radical (unpaired) electrons. The van der Waals surface area contributed by atoms with Gasteiger partial charge in [-0.2, -0.15) is 4.98 Å². The van der Waals surface area contributed by atoms with Gasteiger partial charge in [0.15, 0.2) is 5.82 Å². The minimum atomic E-state index is 0.198. The Balaban J connectivity index is 2.00. The van der Waals surface area contributed by atoms with Crippen molar-refractivity contribution in [1.29, 1.82) is 0 Å². The van der Waals surface area contributed by atoms with Crippen molar-refractivity contribution in [3.05, 3.63) is 11.7 Å². The largest absolute Gasteiger partial charge is 0.338 e. The Labute approximate surface area is 97.0 Å². The molecule has 0 amide bonds. The van der Waals surface area contributed by atoms with Crippen LogP contribution in [-0.2, 0) is 6.54 Å². The van der Waals surface area contributed by atoms with Gasteiger partial charge in [0, 0.05) is 5.54 Å². The molecule has 2 N–H and O–H groups in total. The smallest absolute Gasteiger partial charge is 0.240 e. The van der Waals surface area contributed by atoms with Crippen LogP contribution >= 0.6 is 0 Å². The SMILES string of the molecule is Cc1noc(CNCCCNC(C)(C)C)n1. The summed E-state index contributed by atoms with van der Waals surface area (Å²) in [6.07, 6.45) is 1.09. The van der Waals surface area contributed by atoms with E-state index in [0.717, 1.165) is 19.5 Å². The van der Waals surface area contributed by atoms with Crippen molar-refractivity contribution in [2.45, 2.75) is 46.2 Å². The van der Waals surface area contributed by atoms with E-state index in [0.29, 0.717) is 18.3 Å². The summed E-state index contributed by atoms with van der Waals surface area (Å²) in [5, 5.41) is 10.4. The molecule has 1 aromatic heterocycles. The molecule has 0 unspecified atom stereocenters. The van der Waals surface area contributed by atoms with Gasteiger partial charge in [0.2, 0.25) is 5.89 Å².